The first-order chi connectivity index (χ1) is 5.13. The van der Waals surface area contributed by atoms with E-state index in [1.807, 2.05) is 6.92 Å². The van der Waals surface area contributed by atoms with E-state index >= 15 is 0 Å². The third-order valence-electron chi connectivity index (χ3n) is 1.37. The van der Waals surface area contributed by atoms with Gasteiger partial charge in [0.25, 0.3) is 0 Å². The van der Waals surface area contributed by atoms with E-state index in [1.165, 1.54) is 4.90 Å². The molecule has 0 fully saturated rings. The molecule has 0 aliphatic carbocycles. The average Bonchev–Trinajstić information content (AvgIpc) is 1.98. The molecule has 0 spiro atoms. The second kappa shape index (κ2) is 5.09. The van der Waals surface area contributed by atoms with Crippen LogP contribution in [0.2, 0.25) is 0 Å². The molecule has 0 aliphatic rings. The highest BCUT2D eigenvalue weighted by molar-refractivity contribution is 5.81. The van der Waals surface area contributed by atoms with Crippen molar-refractivity contribution < 1.29 is 9.90 Å². The van der Waals surface area contributed by atoms with Gasteiger partial charge in [0.2, 0.25) is 5.91 Å². The minimum atomic E-state index is -0.449. The molecule has 0 aromatic heterocycles. The largest absolute Gasteiger partial charge is 0.394 e. The van der Waals surface area contributed by atoms with Crippen molar-refractivity contribution in [2.45, 2.75) is 13.0 Å². The zero-order valence-corrected chi connectivity index (χ0v) is 7.29. The normalized spacial score (nSPS) is 12.7. The predicted octanol–water partition coefficient (Wildman–Crippen LogP) is -0.955. The summed E-state index contributed by atoms with van der Waals surface area (Å²) in [6, 6.07) is -0.449. The summed E-state index contributed by atoms with van der Waals surface area (Å²) >= 11 is 0. The lowest BCUT2D eigenvalue weighted by atomic mass is 10.3. The molecule has 4 nitrogen and oxygen atoms in total. The van der Waals surface area contributed by atoms with Crippen LogP contribution >= 0.6 is 0 Å². The monoisotopic (exact) mass is 160 g/mol. The van der Waals surface area contributed by atoms with Gasteiger partial charge >= 0.3 is 0 Å². The average molecular weight is 160 g/mol. The van der Waals surface area contributed by atoms with Crippen molar-refractivity contribution in [3.05, 3.63) is 0 Å². The Hall–Kier alpha value is -0.610. The lowest BCUT2D eigenvalue weighted by Gasteiger charge is -2.18. The smallest absolute Gasteiger partial charge is 0.241 e. The molecule has 0 aromatic rings. The summed E-state index contributed by atoms with van der Waals surface area (Å²) in [4.78, 5) is 12.6. The Labute approximate surface area is 67.2 Å². The number of amides is 1. The number of aliphatic hydroxyl groups is 1. The molecule has 0 saturated carbocycles. The SMILES string of the molecule is CCNC(CO)C(=O)N(C)C. The highest BCUT2D eigenvalue weighted by Crippen LogP contribution is 1.87. The van der Waals surface area contributed by atoms with E-state index in [4.69, 9.17) is 5.11 Å². The molecule has 1 unspecified atom stereocenters. The minimum absolute atomic E-state index is 0.0886. The van der Waals surface area contributed by atoms with E-state index in [-0.39, 0.29) is 12.5 Å². The van der Waals surface area contributed by atoms with Crippen LogP contribution in [-0.2, 0) is 4.79 Å². The zero-order valence-electron chi connectivity index (χ0n) is 7.29. The topological polar surface area (TPSA) is 52.6 Å². The second-order valence-electron chi connectivity index (χ2n) is 2.53. The van der Waals surface area contributed by atoms with E-state index < -0.39 is 6.04 Å². The Balaban J connectivity index is 3.92. The fourth-order valence-corrected chi connectivity index (χ4v) is 0.788. The number of rotatable bonds is 4. The lowest BCUT2D eigenvalue weighted by Crippen LogP contribution is -2.45. The first-order valence-electron chi connectivity index (χ1n) is 3.68. The van der Waals surface area contributed by atoms with E-state index in [0.717, 1.165) is 0 Å². The van der Waals surface area contributed by atoms with Crippen LogP contribution in [0.3, 0.4) is 0 Å². The van der Waals surface area contributed by atoms with E-state index in [0.29, 0.717) is 6.54 Å². The Bertz CT molecular complexity index is 126. The Kier molecular flexibility index (Phi) is 4.81. The van der Waals surface area contributed by atoms with Gasteiger partial charge in [-0.3, -0.25) is 4.79 Å². The lowest BCUT2D eigenvalue weighted by molar-refractivity contribution is -0.131. The van der Waals surface area contributed by atoms with Gasteiger partial charge < -0.3 is 15.3 Å². The van der Waals surface area contributed by atoms with Gasteiger partial charge in [-0.25, -0.2) is 0 Å². The quantitative estimate of drug-likeness (QED) is 0.557. The number of likely N-dealkylation sites (N-methyl/N-ethyl adjacent to an activating group) is 2. The number of nitrogens with zero attached hydrogens (tertiary/aromatic N) is 1. The predicted molar refractivity (Wildman–Crippen MR) is 43.2 cm³/mol. The number of aliphatic hydroxyl groups excluding tert-OH is 1. The minimum Gasteiger partial charge on any atom is -0.394 e. The molecule has 0 heterocycles. The Morgan fingerprint density at radius 1 is 1.64 bits per heavy atom. The maximum Gasteiger partial charge on any atom is 0.241 e. The number of hydrogen-bond donors (Lipinski definition) is 2. The fraction of sp³-hybridized carbons (Fsp3) is 0.857. The number of nitrogens with one attached hydrogen (secondary N) is 1. The molecule has 1 amide bonds. The van der Waals surface area contributed by atoms with Crippen LogP contribution < -0.4 is 5.32 Å². The molecular weight excluding hydrogens is 144 g/mol. The van der Waals surface area contributed by atoms with Crippen LogP contribution in [0, 0.1) is 0 Å². The van der Waals surface area contributed by atoms with Crippen molar-refractivity contribution in [2.75, 3.05) is 27.2 Å². The molecule has 0 saturated heterocycles. The molecule has 0 rings (SSSR count). The van der Waals surface area contributed by atoms with Crippen LogP contribution in [-0.4, -0.2) is 49.2 Å². The first-order valence-corrected chi connectivity index (χ1v) is 3.68. The molecule has 0 aromatic carbocycles. The summed E-state index contributed by atoms with van der Waals surface area (Å²) in [5.74, 6) is -0.0886. The number of hydrogen-bond acceptors (Lipinski definition) is 3. The summed E-state index contributed by atoms with van der Waals surface area (Å²) in [7, 11) is 3.34. The molecular formula is C7H16N2O2. The van der Waals surface area contributed by atoms with Crippen LogP contribution in [0.1, 0.15) is 6.92 Å². The summed E-state index contributed by atoms with van der Waals surface area (Å²) in [6.07, 6.45) is 0. The van der Waals surface area contributed by atoms with E-state index in [1.54, 1.807) is 14.1 Å². The van der Waals surface area contributed by atoms with Gasteiger partial charge in [0.1, 0.15) is 6.04 Å². The van der Waals surface area contributed by atoms with Crippen molar-refractivity contribution >= 4 is 5.91 Å². The standard InChI is InChI=1S/C7H16N2O2/c1-4-8-6(5-10)7(11)9(2)3/h6,8,10H,4-5H2,1-3H3. The van der Waals surface area contributed by atoms with Gasteiger partial charge in [-0.05, 0) is 6.54 Å². The van der Waals surface area contributed by atoms with Gasteiger partial charge in [-0.2, -0.15) is 0 Å². The van der Waals surface area contributed by atoms with Crippen molar-refractivity contribution in [3.63, 3.8) is 0 Å². The van der Waals surface area contributed by atoms with Crippen molar-refractivity contribution in [2.24, 2.45) is 0 Å². The second-order valence-corrected chi connectivity index (χ2v) is 2.53. The van der Waals surface area contributed by atoms with Crippen LogP contribution in [0.5, 0.6) is 0 Å². The van der Waals surface area contributed by atoms with Crippen LogP contribution in [0.15, 0.2) is 0 Å². The van der Waals surface area contributed by atoms with E-state index in [2.05, 4.69) is 5.32 Å². The maximum absolute atomic E-state index is 11.2. The maximum atomic E-state index is 11.2. The van der Waals surface area contributed by atoms with Crippen molar-refractivity contribution in [1.82, 2.24) is 10.2 Å². The highest BCUT2D eigenvalue weighted by Gasteiger charge is 2.16. The fourth-order valence-electron chi connectivity index (χ4n) is 0.788. The number of carbonyl (C=O) groups is 1. The molecule has 0 aliphatic heterocycles. The van der Waals surface area contributed by atoms with Gasteiger partial charge in [0.15, 0.2) is 0 Å². The van der Waals surface area contributed by atoms with Gasteiger partial charge in [0.05, 0.1) is 6.61 Å². The molecule has 4 heteroatoms. The van der Waals surface area contributed by atoms with Crippen LogP contribution in [0.25, 0.3) is 0 Å². The number of carbonyl (C=O) groups excluding carboxylic acids is 1. The molecule has 66 valence electrons. The van der Waals surface area contributed by atoms with E-state index in [9.17, 15) is 4.79 Å². The van der Waals surface area contributed by atoms with Crippen molar-refractivity contribution in [3.8, 4) is 0 Å². The molecule has 0 radical (unpaired) electrons. The van der Waals surface area contributed by atoms with Gasteiger partial charge in [0, 0.05) is 14.1 Å². The Morgan fingerprint density at radius 3 is 2.45 bits per heavy atom. The van der Waals surface area contributed by atoms with Gasteiger partial charge in [-0.15, -0.1) is 0 Å². The highest BCUT2D eigenvalue weighted by atomic mass is 16.3. The molecule has 11 heavy (non-hydrogen) atoms. The molecule has 2 N–H and O–H groups in total. The summed E-state index contributed by atoms with van der Waals surface area (Å²) < 4.78 is 0. The Morgan fingerprint density at radius 2 is 2.18 bits per heavy atom. The third-order valence-corrected chi connectivity index (χ3v) is 1.37. The zero-order chi connectivity index (χ0) is 8.85. The van der Waals surface area contributed by atoms with Gasteiger partial charge in [-0.1, -0.05) is 6.92 Å². The summed E-state index contributed by atoms with van der Waals surface area (Å²) in [5, 5.41) is 11.6. The summed E-state index contributed by atoms with van der Waals surface area (Å²) in [5.41, 5.74) is 0. The first kappa shape index (κ1) is 10.4. The van der Waals surface area contributed by atoms with Crippen molar-refractivity contribution in [1.29, 1.82) is 0 Å². The molecule has 1 atom stereocenters. The summed E-state index contributed by atoms with van der Waals surface area (Å²) in [6.45, 7) is 2.43. The third kappa shape index (κ3) is 3.34. The molecule has 0 bridgehead atoms. The van der Waals surface area contributed by atoms with Crippen LogP contribution in [0.4, 0.5) is 0 Å².